The summed E-state index contributed by atoms with van der Waals surface area (Å²) in [6, 6.07) is -0.233. The molecule has 1 N–H and O–H groups in total. The average molecular weight is 214 g/mol. The minimum atomic E-state index is -0.233. The first kappa shape index (κ1) is 9.83. The number of urea groups is 1. The van der Waals surface area contributed by atoms with E-state index in [0.717, 1.165) is 12.2 Å². The van der Waals surface area contributed by atoms with Gasteiger partial charge < -0.3 is 5.32 Å². The Hall–Kier alpha value is -0.710. The minimum absolute atomic E-state index is 0.0807. The van der Waals surface area contributed by atoms with Gasteiger partial charge in [0.2, 0.25) is 5.91 Å². The Labute approximate surface area is 87.4 Å². The molecule has 2 heterocycles. The lowest BCUT2D eigenvalue weighted by Crippen LogP contribution is -2.41. The highest BCUT2D eigenvalue weighted by molar-refractivity contribution is 8.00. The molecule has 0 aromatic rings. The summed E-state index contributed by atoms with van der Waals surface area (Å²) in [5, 5.41) is 2.54. The largest absolute Gasteiger partial charge is 0.329 e. The van der Waals surface area contributed by atoms with E-state index in [1.54, 1.807) is 0 Å². The van der Waals surface area contributed by atoms with Gasteiger partial charge in [-0.1, -0.05) is 0 Å². The lowest BCUT2D eigenvalue weighted by Gasteiger charge is -2.26. The van der Waals surface area contributed by atoms with Gasteiger partial charge in [-0.15, -0.1) is 0 Å². The number of carbonyl (C=O) groups is 2. The van der Waals surface area contributed by atoms with Gasteiger partial charge in [0.25, 0.3) is 0 Å². The molecule has 78 valence electrons. The van der Waals surface area contributed by atoms with Crippen LogP contribution in [0.3, 0.4) is 0 Å². The third-order valence-electron chi connectivity index (χ3n) is 2.73. The van der Waals surface area contributed by atoms with Crippen molar-refractivity contribution in [3.05, 3.63) is 0 Å². The smallest absolute Gasteiger partial charge is 0.324 e. The normalized spacial score (nSPS) is 32.5. The van der Waals surface area contributed by atoms with Gasteiger partial charge in [-0.2, -0.15) is 11.8 Å². The van der Waals surface area contributed by atoms with Gasteiger partial charge in [0, 0.05) is 11.3 Å². The van der Waals surface area contributed by atoms with Gasteiger partial charge in [-0.3, -0.25) is 9.69 Å². The first-order chi connectivity index (χ1) is 6.61. The number of hydrogen-bond acceptors (Lipinski definition) is 3. The molecule has 0 aliphatic carbocycles. The van der Waals surface area contributed by atoms with Crippen LogP contribution < -0.4 is 5.32 Å². The molecule has 2 aliphatic heterocycles. The Balaban J connectivity index is 2.02. The van der Waals surface area contributed by atoms with E-state index in [1.165, 1.54) is 11.3 Å². The van der Waals surface area contributed by atoms with Crippen molar-refractivity contribution in [2.24, 2.45) is 0 Å². The van der Waals surface area contributed by atoms with Crippen LogP contribution in [0.5, 0.6) is 0 Å². The van der Waals surface area contributed by atoms with E-state index in [0.29, 0.717) is 6.54 Å². The van der Waals surface area contributed by atoms with Crippen LogP contribution in [0.25, 0.3) is 0 Å². The molecule has 4 nitrogen and oxygen atoms in total. The topological polar surface area (TPSA) is 49.4 Å². The maximum Gasteiger partial charge on any atom is 0.324 e. The van der Waals surface area contributed by atoms with Crippen molar-refractivity contribution >= 4 is 23.7 Å². The van der Waals surface area contributed by atoms with Gasteiger partial charge in [0.15, 0.2) is 0 Å². The Morgan fingerprint density at radius 1 is 1.57 bits per heavy atom. The summed E-state index contributed by atoms with van der Waals surface area (Å²) < 4.78 is 0.0807. The monoisotopic (exact) mass is 214 g/mol. The van der Waals surface area contributed by atoms with Crippen molar-refractivity contribution in [2.45, 2.75) is 24.5 Å². The molecule has 0 spiro atoms. The van der Waals surface area contributed by atoms with Gasteiger partial charge in [-0.25, -0.2) is 4.79 Å². The molecule has 14 heavy (non-hydrogen) atoms. The molecular weight excluding hydrogens is 200 g/mol. The molecule has 2 rings (SSSR count). The van der Waals surface area contributed by atoms with Crippen molar-refractivity contribution < 1.29 is 9.59 Å². The van der Waals surface area contributed by atoms with Crippen LogP contribution in [0.2, 0.25) is 0 Å². The second-order valence-electron chi connectivity index (χ2n) is 4.04. The number of amides is 3. The fourth-order valence-corrected chi connectivity index (χ4v) is 3.20. The molecule has 0 aromatic heterocycles. The van der Waals surface area contributed by atoms with Crippen LogP contribution in [0.15, 0.2) is 0 Å². The summed E-state index contributed by atoms with van der Waals surface area (Å²) >= 11 is 1.86. The Morgan fingerprint density at radius 3 is 2.86 bits per heavy atom. The predicted molar refractivity (Wildman–Crippen MR) is 55.2 cm³/mol. The second kappa shape index (κ2) is 3.46. The Kier molecular flexibility index (Phi) is 2.43. The van der Waals surface area contributed by atoms with Crippen LogP contribution in [0.1, 0.15) is 19.8 Å². The van der Waals surface area contributed by atoms with E-state index < -0.39 is 0 Å². The average Bonchev–Trinajstić information content (AvgIpc) is 2.68. The number of carbonyl (C=O) groups excluding carboxylic acids is 2. The third-order valence-corrected chi connectivity index (χ3v) is 4.25. The van der Waals surface area contributed by atoms with E-state index in [9.17, 15) is 9.59 Å². The standard InChI is InChI=1S/C9H14N2O2S/c1-9(3-2-4-14-9)6-11-7(12)5-10-8(11)13/h2-6H2,1H3,(H,10,13). The van der Waals surface area contributed by atoms with Crippen molar-refractivity contribution in [1.29, 1.82) is 0 Å². The fourth-order valence-electron chi connectivity index (χ4n) is 1.91. The van der Waals surface area contributed by atoms with Crippen molar-refractivity contribution in [3.63, 3.8) is 0 Å². The molecule has 0 aromatic carbocycles. The molecule has 0 bridgehead atoms. The number of thioether (sulfide) groups is 1. The molecule has 5 heteroatoms. The van der Waals surface area contributed by atoms with Gasteiger partial charge in [-0.05, 0) is 25.5 Å². The van der Waals surface area contributed by atoms with Crippen molar-refractivity contribution in [1.82, 2.24) is 10.2 Å². The van der Waals surface area contributed by atoms with Crippen LogP contribution in [-0.4, -0.2) is 40.4 Å². The Morgan fingerprint density at radius 2 is 2.36 bits per heavy atom. The SMILES string of the molecule is CC1(CN2C(=O)CNC2=O)CCCS1. The summed E-state index contributed by atoms with van der Waals surface area (Å²) in [6.45, 7) is 2.85. The number of hydrogen-bond donors (Lipinski definition) is 1. The van der Waals surface area contributed by atoms with E-state index in [1.807, 2.05) is 11.8 Å². The Bertz CT molecular complexity index is 258. The highest BCUT2D eigenvalue weighted by atomic mass is 32.2. The lowest BCUT2D eigenvalue weighted by atomic mass is 10.1. The maximum atomic E-state index is 11.3. The van der Waals surface area contributed by atoms with Gasteiger partial charge in [0.05, 0.1) is 6.54 Å². The minimum Gasteiger partial charge on any atom is -0.329 e. The molecule has 2 saturated heterocycles. The summed E-state index contributed by atoms with van der Waals surface area (Å²) in [4.78, 5) is 24.0. The van der Waals surface area contributed by atoms with Crippen molar-refractivity contribution in [3.8, 4) is 0 Å². The first-order valence-electron chi connectivity index (χ1n) is 4.83. The van der Waals surface area contributed by atoms with E-state index in [2.05, 4.69) is 12.2 Å². The molecule has 3 amide bonds. The van der Waals surface area contributed by atoms with E-state index >= 15 is 0 Å². The molecule has 0 radical (unpaired) electrons. The highest BCUT2D eigenvalue weighted by Gasteiger charge is 2.38. The quantitative estimate of drug-likeness (QED) is 0.692. The zero-order chi connectivity index (χ0) is 10.2. The van der Waals surface area contributed by atoms with Crippen LogP contribution in [0.4, 0.5) is 4.79 Å². The van der Waals surface area contributed by atoms with Crippen LogP contribution in [-0.2, 0) is 4.79 Å². The van der Waals surface area contributed by atoms with E-state index in [4.69, 9.17) is 0 Å². The van der Waals surface area contributed by atoms with Crippen LogP contribution >= 0.6 is 11.8 Å². The molecule has 1 unspecified atom stereocenters. The second-order valence-corrected chi connectivity index (χ2v) is 5.72. The van der Waals surface area contributed by atoms with Gasteiger partial charge >= 0.3 is 6.03 Å². The van der Waals surface area contributed by atoms with Crippen molar-refractivity contribution in [2.75, 3.05) is 18.8 Å². The number of nitrogens with zero attached hydrogens (tertiary/aromatic N) is 1. The lowest BCUT2D eigenvalue weighted by molar-refractivity contribution is -0.125. The predicted octanol–water partition coefficient (Wildman–Crippen LogP) is 0.824. The summed E-state index contributed by atoms with van der Waals surface area (Å²) in [7, 11) is 0. The third kappa shape index (κ3) is 1.73. The highest BCUT2D eigenvalue weighted by Crippen LogP contribution is 2.38. The molecule has 2 aliphatic rings. The summed E-state index contributed by atoms with van der Waals surface area (Å²) in [5.74, 6) is 1.05. The van der Waals surface area contributed by atoms with Gasteiger partial charge in [0.1, 0.15) is 0 Å². The molecular formula is C9H14N2O2S. The first-order valence-corrected chi connectivity index (χ1v) is 5.81. The summed E-state index contributed by atoms with van der Waals surface area (Å²) in [5.41, 5.74) is 0. The molecule has 0 saturated carbocycles. The fraction of sp³-hybridized carbons (Fsp3) is 0.778. The number of rotatable bonds is 2. The summed E-state index contributed by atoms with van der Waals surface area (Å²) in [6.07, 6.45) is 2.28. The zero-order valence-electron chi connectivity index (χ0n) is 8.21. The zero-order valence-corrected chi connectivity index (χ0v) is 9.02. The molecule has 2 fully saturated rings. The van der Waals surface area contributed by atoms with E-state index in [-0.39, 0.29) is 23.2 Å². The number of nitrogens with one attached hydrogen (secondary N) is 1. The molecule has 1 atom stereocenters. The maximum absolute atomic E-state index is 11.3. The number of imide groups is 1. The van der Waals surface area contributed by atoms with Crippen LogP contribution in [0, 0.1) is 0 Å².